The standard InChI is InChI=1S/C4H8N2O3/c1-6(2)5-3(7)4(8)9/h1-2H3,(H,5,7)(H,8,9). The maximum atomic E-state index is 10.2. The molecule has 0 unspecified atom stereocenters. The summed E-state index contributed by atoms with van der Waals surface area (Å²) in [5.41, 5.74) is 2.04. The van der Waals surface area contributed by atoms with Gasteiger partial charge < -0.3 is 5.11 Å². The zero-order valence-corrected chi connectivity index (χ0v) is 5.21. The first kappa shape index (κ1) is 7.90. The average Bonchev–Trinajstić information content (AvgIpc) is 1.63. The van der Waals surface area contributed by atoms with Crippen molar-refractivity contribution in [2.24, 2.45) is 0 Å². The van der Waals surface area contributed by atoms with Crippen molar-refractivity contribution in [3.8, 4) is 0 Å². The molecule has 5 heteroatoms. The summed E-state index contributed by atoms with van der Waals surface area (Å²) in [5.74, 6) is -2.51. The second-order valence-electron chi connectivity index (χ2n) is 1.64. The Labute approximate surface area is 52.2 Å². The van der Waals surface area contributed by atoms with E-state index in [2.05, 4.69) is 0 Å². The Balaban J connectivity index is 3.65. The van der Waals surface area contributed by atoms with E-state index in [4.69, 9.17) is 5.11 Å². The molecule has 0 heterocycles. The van der Waals surface area contributed by atoms with Crippen LogP contribution in [0.15, 0.2) is 0 Å². The third-order valence-corrected chi connectivity index (χ3v) is 0.519. The molecule has 0 aliphatic carbocycles. The third kappa shape index (κ3) is 3.48. The summed E-state index contributed by atoms with van der Waals surface area (Å²) in [5, 5.41) is 9.25. The summed E-state index contributed by atoms with van der Waals surface area (Å²) in [6.07, 6.45) is 0. The van der Waals surface area contributed by atoms with Gasteiger partial charge in [0, 0.05) is 14.1 Å². The molecular weight excluding hydrogens is 124 g/mol. The Morgan fingerprint density at radius 2 is 1.89 bits per heavy atom. The van der Waals surface area contributed by atoms with Crippen LogP contribution in [0.3, 0.4) is 0 Å². The molecule has 0 aliphatic heterocycles. The van der Waals surface area contributed by atoms with Gasteiger partial charge in [0.15, 0.2) is 0 Å². The van der Waals surface area contributed by atoms with Gasteiger partial charge in [0.05, 0.1) is 0 Å². The van der Waals surface area contributed by atoms with Crippen molar-refractivity contribution in [3.63, 3.8) is 0 Å². The molecule has 0 radical (unpaired) electrons. The fraction of sp³-hybridized carbons (Fsp3) is 0.500. The van der Waals surface area contributed by atoms with E-state index in [1.165, 1.54) is 19.1 Å². The van der Waals surface area contributed by atoms with Crippen LogP contribution in [0.1, 0.15) is 0 Å². The van der Waals surface area contributed by atoms with Gasteiger partial charge in [-0.05, 0) is 0 Å². The lowest BCUT2D eigenvalue weighted by molar-refractivity contribution is -0.152. The fourth-order valence-electron chi connectivity index (χ4n) is 0.251. The summed E-state index contributed by atoms with van der Waals surface area (Å²) >= 11 is 0. The van der Waals surface area contributed by atoms with Crippen molar-refractivity contribution in [2.75, 3.05) is 14.1 Å². The molecule has 0 aromatic heterocycles. The van der Waals surface area contributed by atoms with Gasteiger partial charge in [-0.2, -0.15) is 0 Å². The number of nitrogens with zero attached hydrogens (tertiary/aromatic N) is 1. The molecule has 0 saturated heterocycles. The van der Waals surface area contributed by atoms with E-state index < -0.39 is 11.9 Å². The van der Waals surface area contributed by atoms with Gasteiger partial charge >= 0.3 is 11.9 Å². The number of hydrogen-bond donors (Lipinski definition) is 2. The number of carboxylic acid groups (broad SMARTS) is 1. The lowest BCUT2D eigenvalue weighted by atomic mass is 10.6. The van der Waals surface area contributed by atoms with E-state index in [9.17, 15) is 9.59 Å². The lowest BCUT2D eigenvalue weighted by Crippen LogP contribution is -2.40. The molecule has 2 N–H and O–H groups in total. The predicted octanol–water partition coefficient (Wildman–Crippen LogP) is -1.34. The first-order chi connectivity index (χ1) is 4.04. The Morgan fingerprint density at radius 1 is 1.44 bits per heavy atom. The number of aliphatic carboxylic acids is 1. The molecular formula is C4H8N2O3. The molecule has 52 valence electrons. The zero-order chi connectivity index (χ0) is 7.44. The minimum absolute atomic E-state index is 1.03. The molecule has 0 fully saturated rings. The fourth-order valence-corrected chi connectivity index (χ4v) is 0.251. The van der Waals surface area contributed by atoms with E-state index in [-0.39, 0.29) is 0 Å². The molecule has 0 aromatic rings. The topological polar surface area (TPSA) is 69.6 Å². The highest BCUT2D eigenvalue weighted by atomic mass is 16.4. The highest BCUT2D eigenvalue weighted by Crippen LogP contribution is 1.66. The van der Waals surface area contributed by atoms with Crippen molar-refractivity contribution in [2.45, 2.75) is 0 Å². The molecule has 0 saturated carbocycles. The molecule has 0 aliphatic rings. The van der Waals surface area contributed by atoms with Crippen molar-refractivity contribution in [3.05, 3.63) is 0 Å². The molecule has 0 aromatic carbocycles. The maximum absolute atomic E-state index is 10.2. The second kappa shape index (κ2) is 3.03. The minimum Gasteiger partial charge on any atom is -0.474 e. The van der Waals surface area contributed by atoms with Gasteiger partial charge in [-0.25, -0.2) is 9.80 Å². The number of nitrogens with one attached hydrogen (secondary N) is 1. The van der Waals surface area contributed by atoms with Gasteiger partial charge in [0.25, 0.3) is 0 Å². The largest absolute Gasteiger partial charge is 0.474 e. The average molecular weight is 132 g/mol. The molecule has 0 atom stereocenters. The van der Waals surface area contributed by atoms with Crippen molar-refractivity contribution < 1.29 is 14.7 Å². The molecule has 1 amide bonds. The number of carboxylic acids is 1. The van der Waals surface area contributed by atoms with Crippen LogP contribution in [0.25, 0.3) is 0 Å². The third-order valence-electron chi connectivity index (χ3n) is 0.519. The van der Waals surface area contributed by atoms with E-state index in [1.807, 2.05) is 5.43 Å². The van der Waals surface area contributed by atoms with Gasteiger partial charge in [0.2, 0.25) is 0 Å². The molecule has 5 nitrogen and oxygen atoms in total. The Morgan fingerprint density at radius 3 is 2.00 bits per heavy atom. The van der Waals surface area contributed by atoms with Gasteiger partial charge in [-0.1, -0.05) is 0 Å². The van der Waals surface area contributed by atoms with Crippen molar-refractivity contribution in [1.29, 1.82) is 0 Å². The molecule has 0 rings (SSSR count). The quantitative estimate of drug-likeness (QED) is 0.342. The number of carbonyl (C=O) groups is 2. The van der Waals surface area contributed by atoms with E-state index in [0.29, 0.717) is 0 Å². The Bertz CT molecular complexity index is 132. The van der Waals surface area contributed by atoms with Crippen LogP contribution in [0, 0.1) is 0 Å². The summed E-state index contributed by atoms with van der Waals surface area (Å²) in [7, 11) is 3.06. The predicted molar refractivity (Wildman–Crippen MR) is 29.5 cm³/mol. The summed E-state index contributed by atoms with van der Waals surface area (Å²) < 4.78 is 0. The van der Waals surface area contributed by atoms with Gasteiger partial charge in [0.1, 0.15) is 0 Å². The van der Waals surface area contributed by atoms with Crippen molar-refractivity contribution >= 4 is 11.9 Å². The smallest absolute Gasteiger partial charge is 0.395 e. The number of hydrogen-bond acceptors (Lipinski definition) is 3. The van der Waals surface area contributed by atoms with Crippen LogP contribution in [0.4, 0.5) is 0 Å². The van der Waals surface area contributed by atoms with Crippen LogP contribution in [-0.2, 0) is 9.59 Å². The molecule has 0 spiro atoms. The SMILES string of the molecule is CN(C)NC(=O)C(=O)O. The number of carbonyl (C=O) groups excluding carboxylic acids is 1. The Hall–Kier alpha value is -1.10. The minimum atomic E-state index is -1.48. The lowest BCUT2D eigenvalue weighted by Gasteiger charge is -2.07. The number of amides is 1. The van der Waals surface area contributed by atoms with Crippen LogP contribution >= 0.6 is 0 Å². The van der Waals surface area contributed by atoms with Crippen LogP contribution in [0.2, 0.25) is 0 Å². The zero-order valence-electron chi connectivity index (χ0n) is 5.21. The van der Waals surface area contributed by atoms with E-state index in [0.717, 1.165) is 0 Å². The first-order valence-corrected chi connectivity index (χ1v) is 2.25. The Kier molecular flexibility index (Phi) is 2.66. The highest BCUT2D eigenvalue weighted by Gasteiger charge is 2.09. The summed E-state index contributed by atoms with van der Waals surface area (Å²) in [6, 6.07) is 0. The van der Waals surface area contributed by atoms with Crippen LogP contribution in [0.5, 0.6) is 0 Å². The maximum Gasteiger partial charge on any atom is 0.395 e. The monoisotopic (exact) mass is 132 g/mol. The molecule has 9 heavy (non-hydrogen) atoms. The van der Waals surface area contributed by atoms with E-state index >= 15 is 0 Å². The number of hydrazine groups is 1. The van der Waals surface area contributed by atoms with Crippen LogP contribution < -0.4 is 5.43 Å². The summed E-state index contributed by atoms with van der Waals surface area (Å²) in [6.45, 7) is 0. The first-order valence-electron chi connectivity index (χ1n) is 2.25. The number of rotatable bonds is 1. The highest BCUT2D eigenvalue weighted by molar-refractivity contribution is 6.31. The summed E-state index contributed by atoms with van der Waals surface area (Å²) in [4.78, 5) is 20.0. The normalized spacial score (nSPS) is 9.22. The second-order valence-corrected chi connectivity index (χ2v) is 1.64. The van der Waals surface area contributed by atoms with E-state index in [1.54, 1.807) is 0 Å². The van der Waals surface area contributed by atoms with Gasteiger partial charge in [-0.15, -0.1) is 0 Å². The van der Waals surface area contributed by atoms with Gasteiger partial charge in [-0.3, -0.25) is 10.2 Å². The van der Waals surface area contributed by atoms with Crippen LogP contribution in [-0.4, -0.2) is 36.1 Å². The van der Waals surface area contributed by atoms with Crippen molar-refractivity contribution in [1.82, 2.24) is 10.4 Å². The molecule has 0 bridgehead atoms.